The van der Waals surface area contributed by atoms with Crippen LogP contribution in [0.4, 0.5) is 0 Å². The van der Waals surface area contributed by atoms with E-state index in [1.54, 1.807) is 0 Å². The predicted molar refractivity (Wildman–Crippen MR) is 119 cm³/mol. The molecule has 0 aliphatic carbocycles. The van der Waals surface area contributed by atoms with E-state index in [1.165, 1.54) is 5.56 Å². The van der Waals surface area contributed by atoms with Gasteiger partial charge in [-0.25, -0.2) is 4.98 Å². The maximum absolute atomic E-state index is 13.1. The Kier molecular flexibility index (Phi) is 7.02. The molecule has 3 heterocycles. The van der Waals surface area contributed by atoms with E-state index in [4.69, 9.17) is 0 Å². The first-order chi connectivity index (χ1) is 15.1. The Morgan fingerprint density at radius 1 is 1.13 bits per heavy atom. The van der Waals surface area contributed by atoms with Crippen LogP contribution in [-0.2, 0) is 29.6 Å². The molecule has 0 spiro atoms. The summed E-state index contributed by atoms with van der Waals surface area (Å²) in [7, 11) is 2.01. The molecule has 1 aromatic carbocycles. The summed E-state index contributed by atoms with van der Waals surface area (Å²) >= 11 is 0. The van der Waals surface area contributed by atoms with Crippen molar-refractivity contribution in [2.75, 3.05) is 39.3 Å². The number of amides is 2. The third-order valence-corrected chi connectivity index (χ3v) is 6.56. The quantitative estimate of drug-likeness (QED) is 0.683. The standard InChI is InChI=1S/C24H33N5O2/c1-26-13-11-25-22(26)19-27-14-16-28(17-15-27)24(31)21-9-10-23(30)29(18-21)12-5-8-20-6-3-2-4-7-20/h2-4,6-7,11,13,21H,5,8-10,12,14-19H2,1H3. The first-order valence-electron chi connectivity index (χ1n) is 11.4. The Balaban J connectivity index is 1.23. The Hall–Kier alpha value is -2.67. The number of aryl methyl sites for hydroxylation is 2. The summed E-state index contributed by atoms with van der Waals surface area (Å²) in [4.78, 5) is 36.2. The van der Waals surface area contributed by atoms with Gasteiger partial charge in [0.05, 0.1) is 12.5 Å². The fourth-order valence-corrected chi connectivity index (χ4v) is 4.58. The van der Waals surface area contributed by atoms with Gasteiger partial charge in [0, 0.05) is 65.1 Å². The largest absolute Gasteiger partial charge is 0.342 e. The minimum Gasteiger partial charge on any atom is -0.342 e. The maximum atomic E-state index is 13.1. The van der Waals surface area contributed by atoms with Crippen LogP contribution in [0.25, 0.3) is 0 Å². The van der Waals surface area contributed by atoms with E-state index in [-0.39, 0.29) is 17.7 Å². The van der Waals surface area contributed by atoms with Gasteiger partial charge in [0.15, 0.2) is 0 Å². The van der Waals surface area contributed by atoms with E-state index in [0.717, 1.165) is 57.9 Å². The second-order valence-electron chi connectivity index (χ2n) is 8.72. The van der Waals surface area contributed by atoms with Gasteiger partial charge in [-0.15, -0.1) is 0 Å². The highest BCUT2D eigenvalue weighted by atomic mass is 16.2. The van der Waals surface area contributed by atoms with E-state index in [2.05, 4.69) is 22.0 Å². The van der Waals surface area contributed by atoms with E-state index in [1.807, 2.05) is 52.0 Å². The summed E-state index contributed by atoms with van der Waals surface area (Å²) in [5, 5.41) is 0. The molecule has 0 saturated carbocycles. The van der Waals surface area contributed by atoms with Crippen molar-refractivity contribution in [3.05, 3.63) is 54.1 Å². The molecule has 0 bridgehead atoms. The number of rotatable bonds is 7. The Morgan fingerprint density at radius 2 is 1.90 bits per heavy atom. The van der Waals surface area contributed by atoms with Crippen molar-refractivity contribution >= 4 is 11.8 Å². The number of imidazole rings is 1. The zero-order chi connectivity index (χ0) is 21.6. The van der Waals surface area contributed by atoms with Gasteiger partial charge in [-0.2, -0.15) is 0 Å². The summed E-state index contributed by atoms with van der Waals surface area (Å²) in [5.41, 5.74) is 1.29. The van der Waals surface area contributed by atoms with Crippen molar-refractivity contribution in [1.29, 1.82) is 0 Å². The molecule has 1 aromatic heterocycles. The number of carbonyl (C=O) groups is 2. The molecule has 7 nitrogen and oxygen atoms in total. The third kappa shape index (κ3) is 5.53. The lowest BCUT2D eigenvalue weighted by molar-refractivity contribution is -0.144. The number of carbonyl (C=O) groups excluding carboxylic acids is 2. The van der Waals surface area contributed by atoms with Crippen molar-refractivity contribution in [2.45, 2.75) is 32.2 Å². The third-order valence-electron chi connectivity index (χ3n) is 6.56. The Labute approximate surface area is 184 Å². The number of nitrogens with zero attached hydrogens (tertiary/aromatic N) is 5. The van der Waals surface area contributed by atoms with Crippen molar-refractivity contribution in [1.82, 2.24) is 24.3 Å². The lowest BCUT2D eigenvalue weighted by Crippen LogP contribution is -2.53. The van der Waals surface area contributed by atoms with Crippen molar-refractivity contribution in [2.24, 2.45) is 13.0 Å². The van der Waals surface area contributed by atoms with Crippen molar-refractivity contribution in [3.63, 3.8) is 0 Å². The van der Waals surface area contributed by atoms with E-state index in [0.29, 0.717) is 19.4 Å². The molecule has 2 saturated heterocycles. The molecule has 1 atom stereocenters. The average Bonchev–Trinajstić information content (AvgIpc) is 3.20. The maximum Gasteiger partial charge on any atom is 0.227 e. The molecule has 2 aliphatic heterocycles. The molecule has 7 heteroatoms. The molecule has 4 rings (SSSR count). The second-order valence-corrected chi connectivity index (χ2v) is 8.72. The van der Waals surface area contributed by atoms with E-state index in [9.17, 15) is 9.59 Å². The number of hydrogen-bond donors (Lipinski definition) is 0. The van der Waals surface area contributed by atoms with Gasteiger partial charge in [-0.1, -0.05) is 30.3 Å². The van der Waals surface area contributed by atoms with Gasteiger partial charge in [0.25, 0.3) is 0 Å². The summed E-state index contributed by atoms with van der Waals surface area (Å²) in [6.45, 7) is 5.35. The second kappa shape index (κ2) is 10.1. The van der Waals surface area contributed by atoms with Gasteiger partial charge in [-0.3, -0.25) is 14.5 Å². The van der Waals surface area contributed by atoms with E-state index < -0.39 is 0 Å². The molecular formula is C24H33N5O2. The molecule has 1 unspecified atom stereocenters. The highest BCUT2D eigenvalue weighted by Crippen LogP contribution is 2.21. The molecule has 2 amide bonds. The minimum atomic E-state index is -0.0597. The van der Waals surface area contributed by atoms with Crippen molar-refractivity contribution < 1.29 is 9.59 Å². The Morgan fingerprint density at radius 3 is 2.61 bits per heavy atom. The van der Waals surface area contributed by atoms with Crippen LogP contribution in [0.2, 0.25) is 0 Å². The monoisotopic (exact) mass is 423 g/mol. The number of piperazine rings is 1. The first kappa shape index (κ1) is 21.6. The highest BCUT2D eigenvalue weighted by molar-refractivity contribution is 5.84. The number of piperidine rings is 1. The van der Waals surface area contributed by atoms with Crippen LogP contribution in [0.1, 0.15) is 30.7 Å². The van der Waals surface area contributed by atoms with Gasteiger partial charge < -0.3 is 14.4 Å². The van der Waals surface area contributed by atoms with Crippen LogP contribution in [0.5, 0.6) is 0 Å². The topological polar surface area (TPSA) is 61.7 Å². The SMILES string of the molecule is Cn1ccnc1CN1CCN(C(=O)C2CCC(=O)N(CCCc3ccccc3)C2)CC1. The summed E-state index contributed by atoms with van der Waals surface area (Å²) in [6.07, 6.45) is 6.85. The normalized spacial score (nSPS) is 20.3. The summed E-state index contributed by atoms with van der Waals surface area (Å²) < 4.78 is 2.04. The van der Waals surface area contributed by atoms with E-state index >= 15 is 0 Å². The molecule has 166 valence electrons. The number of hydrogen-bond acceptors (Lipinski definition) is 4. The van der Waals surface area contributed by atoms with Gasteiger partial charge >= 0.3 is 0 Å². The predicted octanol–water partition coefficient (Wildman–Crippen LogP) is 1.94. The number of aromatic nitrogens is 2. The van der Waals surface area contributed by atoms with Crippen LogP contribution >= 0.6 is 0 Å². The zero-order valence-electron chi connectivity index (χ0n) is 18.4. The molecule has 0 radical (unpaired) electrons. The molecular weight excluding hydrogens is 390 g/mol. The van der Waals surface area contributed by atoms with Crippen LogP contribution in [-0.4, -0.2) is 75.3 Å². The lowest BCUT2D eigenvalue weighted by Gasteiger charge is -2.38. The summed E-state index contributed by atoms with van der Waals surface area (Å²) in [6, 6.07) is 10.4. The summed E-state index contributed by atoms with van der Waals surface area (Å²) in [5.74, 6) is 1.40. The smallest absolute Gasteiger partial charge is 0.227 e. The Bertz CT molecular complexity index is 873. The number of benzene rings is 1. The zero-order valence-corrected chi connectivity index (χ0v) is 18.4. The number of likely N-dealkylation sites (tertiary alicyclic amines) is 1. The molecule has 2 fully saturated rings. The molecule has 0 N–H and O–H groups in total. The fraction of sp³-hybridized carbons (Fsp3) is 0.542. The molecule has 2 aliphatic rings. The molecule has 2 aromatic rings. The first-order valence-corrected chi connectivity index (χ1v) is 11.4. The van der Waals surface area contributed by atoms with Crippen LogP contribution in [0.3, 0.4) is 0 Å². The van der Waals surface area contributed by atoms with Gasteiger partial charge in [-0.05, 0) is 24.8 Å². The fourth-order valence-electron chi connectivity index (χ4n) is 4.58. The lowest BCUT2D eigenvalue weighted by atomic mass is 9.95. The minimum absolute atomic E-state index is 0.0597. The van der Waals surface area contributed by atoms with Crippen LogP contribution < -0.4 is 0 Å². The van der Waals surface area contributed by atoms with Crippen LogP contribution in [0.15, 0.2) is 42.7 Å². The van der Waals surface area contributed by atoms with Gasteiger partial charge in [0.2, 0.25) is 11.8 Å². The average molecular weight is 424 g/mol. The van der Waals surface area contributed by atoms with Crippen LogP contribution in [0, 0.1) is 5.92 Å². The highest BCUT2D eigenvalue weighted by Gasteiger charge is 2.33. The van der Waals surface area contributed by atoms with Crippen molar-refractivity contribution in [3.8, 4) is 0 Å². The molecule has 31 heavy (non-hydrogen) atoms. The van der Waals surface area contributed by atoms with Gasteiger partial charge in [0.1, 0.15) is 5.82 Å².